The minimum atomic E-state index is -3.71. The first-order valence-corrected chi connectivity index (χ1v) is 14.6. The topological polar surface area (TPSA) is 46.2 Å². The van der Waals surface area contributed by atoms with Gasteiger partial charge in [-0.25, -0.2) is 8.42 Å². The maximum atomic E-state index is 13.2. The van der Waals surface area contributed by atoms with Gasteiger partial charge in [0.1, 0.15) is 0 Å². The van der Waals surface area contributed by atoms with Crippen molar-refractivity contribution in [3.63, 3.8) is 0 Å². The average molecular weight is 422 g/mol. The molecule has 0 aliphatic carbocycles. The molecular formula is C24H27NO2SSi. The predicted molar refractivity (Wildman–Crippen MR) is 124 cm³/mol. The Bertz CT molecular complexity index is 1190. The Morgan fingerprint density at radius 3 is 2.17 bits per heavy atom. The standard InChI is InChI=1S/C24H27NO2SSi/c1-6-23(29(3,4)5)24(21-14-13-19-9-7-8-10-20(19)17-21)25-28(26,27)22-15-11-18(2)12-16-22/h7-17,24-25H,1H2,2-5H3/t24-/m1/s1. The van der Waals surface area contributed by atoms with Crippen molar-refractivity contribution in [2.75, 3.05) is 0 Å². The van der Waals surface area contributed by atoms with E-state index in [4.69, 9.17) is 0 Å². The zero-order valence-corrected chi connectivity index (χ0v) is 19.2. The molecule has 0 fully saturated rings. The van der Waals surface area contributed by atoms with Crippen LogP contribution in [0.25, 0.3) is 10.8 Å². The van der Waals surface area contributed by atoms with Gasteiger partial charge in [-0.05, 0) is 46.7 Å². The molecule has 0 unspecified atom stereocenters. The summed E-state index contributed by atoms with van der Waals surface area (Å²) in [6, 6.07) is 20.5. The quantitative estimate of drug-likeness (QED) is 0.406. The van der Waals surface area contributed by atoms with E-state index in [0.29, 0.717) is 0 Å². The van der Waals surface area contributed by atoms with E-state index in [2.05, 4.69) is 42.7 Å². The van der Waals surface area contributed by atoms with Crippen LogP contribution in [0.1, 0.15) is 17.2 Å². The third kappa shape index (κ3) is 4.77. The first-order valence-electron chi connectivity index (χ1n) is 9.60. The Morgan fingerprint density at radius 1 is 0.966 bits per heavy atom. The van der Waals surface area contributed by atoms with Crippen LogP contribution in [0.2, 0.25) is 19.6 Å². The van der Waals surface area contributed by atoms with Crippen molar-refractivity contribution in [2.24, 2.45) is 0 Å². The monoisotopic (exact) mass is 421 g/mol. The molecule has 0 spiro atoms. The molecule has 0 aromatic heterocycles. The van der Waals surface area contributed by atoms with E-state index < -0.39 is 24.1 Å². The maximum absolute atomic E-state index is 13.2. The minimum absolute atomic E-state index is 0.257. The summed E-state index contributed by atoms with van der Waals surface area (Å²) in [5, 5.41) is 3.13. The van der Waals surface area contributed by atoms with Crippen LogP contribution in [-0.4, -0.2) is 16.5 Å². The zero-order valence-electron chi connectivity index (χ0n) is 17.4. The average Bonchev–Trinajstić information content (AvgIpc) is 2.66. The summed E-state index contributed by atoms with van der Waals surface area (Å²) in [6.45, 7) is 12.4. The summed E-state index contributed by atoms with van der Waals surface area (Å²) in [6.07, 6.45) is 0. The van der Waals surface area contributed by atoms with Crippen LogP contribution in [0.15, 0.2) is 89.1 Å². The molecule has 0 heterocycles. The van der Waals surface area contributed by atoms with E-state index in [9.17, 15) is 8.42 Å². The summed E-state index contributed by atoms with van der Waals surface area (Å²) >= 11 is 0. The fourth-order valence-corrected chi connectivity index (χ4v) is 6.36. The van der Waals surface area contributed by atoms with Crippen LogP contribution < -0.4 is 4.72 Å². The minimum Gasteiger partial charge on any atom is -0.207 e. The maximum Gasteiger partial charge on any atom is 0.241 e. The van der Waals surface area contributed by atoms with Gasteiger partial charge in [-0.15, -0.1) is 5.73 Å². The molecule has 0 aliphatic heterocycles. The first kappa shape index (κ1) is 21.3. The number of hydrogen-bond donors (Lipinski definition) is 1. The van der Waals surface area contributed by atoms with E-state index in [1.807, 2.05) is 55.5 Å². The molecule has 0 aliphatic rings. The number of nitrogens with one attached hydrogen (secondary N) is 1. The SMILES string of the molecule is C=C=C([C@H](NS(=O)(=O)c1ccc(C)cc1)c1ccc2ccccc2c1)[Si](C)(C)C. The van der Waals surface area contributed by atoms with Gasteiger partial charge in [-0.3, -0.25) is 0 Å². The molecular weight excluding hydrogens is 394 g/mol. The van der Waals surface area contributed by atoms with Gasteiger partial charge in [0.05, 0.1) is 19.0 Å². The highest BCUT2D eigenvalue weighted by molar-refractivity contribution is 7.89. The van der Waals surface area contributed by atoms with Gasteiger partial charge in [0.2, 0.25) is 10.0 Å². The van der Waals surface area contributed by atoms with Gasteiger partial charge in [-0.1, -0.05) is 80.3 Å². The Morgan fingerprint density at radius 2 is 1.59 bits per heavy atom. The van der Waals surface area contributed by atoms with E-state index >= 15 is 0 Å². The predicted octanol–water partition coefficient (Wildman–Crippen LogP) is 5.76. The van der Waals surface area contributed by atoms with Gasteiger partial charge in [0.15, 0.2) is 0 Å². The fourth-order valence-electron chi connectivity index (χ4n) is 3.42. The molecule has 29 heavy (non-hydrogen) atoms. The van der Waals surface area contributed by atoms with E-state index in [1.165, 1.54) is 0 Å². The van der Waals surface area contributed by atoms with Gasteiger partial charge < -0.3 is 0 Å². The van der Waals surface area contributed by atoms with Crippen LogP contribution in [0, 0.1) is 6.92 Å². The fraction of sp³-hybridized carbons (Fsp3) is 0.208. The van der Waals surface area contributed by atoms with Crippen LogP contribution in [0.4, 0.5) is 0 Å². The summed E-state index contributed by atoms with van der Waals surface area (Å²) in [5.41, 5.74) is 4.99. The number of benzene rings is 3. The van der Waals surface area contributed by atoms with E-state index in [1.54, 1.807) is 12.1 Å². The van der Waals surface area contributed by atoms with Crippen LogP contribution >= 0.6 is 0 Å². The third-order valence-corrected chi connectivity index (χ3v) is 8.52. The van der Waals surface area contributed by atoms with E-state index in [0.717, 1.165) is 27.1 Å². The second-order valence-electron chi connectivity index (χ2n) is 8.31. The van der Waals surface area contributed by atoms with Crippen LogP contribution in [0.3, 0.4) is 0 Å². The molecule has 3 rings (SSSR count). The number of rotatable bonds is 6. The number of hydrogen-bond acceptors (Lipinski definition) is 2. The molecule has 1 N–H and O–H groups in total. The number of aryl methyl sites for hydroxylation is 1. The Labute approximate surface area is 174 Å². The molecule has 3 nitrogen and oxygen atoms in total. The lowest BCUT2D eigenvalue weighted by Gasteiger charge is -2.29. The summed E-state index contributed by atoms with van der Waals surface area (Å²) in [7, 11) is -5.60. The van der Waals surface area contributed by atoms with Crippen molar-refractivity contribution in [1.29, 1.82) is 0 Å². The van der Waals surface area contributed by atoms with Crippen molar-refractivity contribution in [2.45, 2.75) is 37.5 Å². The largest absolute Gasteiger partial charge is 0.241 e. The zero-order chi connectivity index (χ0) is 21.2. The highest BCUT2D eigenvalue weighted by atomic mass is 32.2. The Hall–Kier alpha value is -2.43. The van der Waals surface area contributed by atoms with Gasteiger partial charge in [0.25, 0.3) is 0 Å². The summed E-state index contributed by atoms with van der Waals surface area (Å²) in [5.74, 6) is 0. The van der Waals surface area contributed by atoms with Gasteiger partial charge >= 0.3 is 0 Å². The normalized spacial score (nSPS) is 13.1. The Balaban J connectivity index is 2.12. The van der Waals surface area contributed by atoms with Crippen LogP contribution in [-0.2, 0) is 10.0 Å². The lowest BCUT2D eigenvalue weighted by Crippen LogP contribution is -2.37. The van der Waals surface area contributed by atoms with Gasteiger partial charge in [-0.2, -0.15) is 4.72 Å². The lowest BCUT2D eigenvalue weighted by molar-refractivity contribution is 0.573. The van der Waals surface area contributed by atoms with Crippen molar-refractivity contribution in [3.05, 3.63) is 95.4 Å². The summed E-state index contributed by atoms with van der Waals surface area (Å²) in [4.78, 5) is 0.257. The van der Waals surface area contributed by atoms with Crippen LogP contribution in [0.5, 0.6) is 0 Å². The molecule has 1 atom stereocenters. The smallest absolute Gasteiger partial charge is 0.207 e. The summed E-state index contributed by atoms with van der Waals surface area (Å²) < 4.78 is 29.3. The number of sulfonamides is 1. The molecule has 0 radical (unpaired) electrons. The van der Waals surface area contributed by atoms with Crippen molar-refractivity contribution in [3.8, 4) is 0 Å². The molecule has 5 heteroatoms. The number of fused-ring (bicyclic) bond motifs is 1. The molecule has 150 valence electrons. The molecule has 0 amide bonds. The highest BCUT2D eigenvalue weighted by Gasteiger charge is 2.32. The van der Waals surface area contributed by atoms with E-state index in [-0.39, 0.29) is 4.90 Å². The lowest BCUT2D eigenvalue weighted by atomic mass is 10.0. The second kappa shape index (κ2) is 8.13. The molecule has 0 bridgehead atoms. The van der Waals surface area contributed by atoms with Crippen molar-refractivity contribution < 1.29 is 8.42 Å². The molecule has 0 saturated heterocycles. The molecule has 3 aromatic rings. The molecule has 3 aromatic carbocycles. The first-order chi connectivity index (χ1) is 13.6. The molecule has 0 saturated carbocycles. The van der Waals surface area contributed by atoms with Gasteiger partial charge in [0, 0.05) is 0 Å². The Kier molecular flexibility index (Phi) is 5.97. The highest BCUT2D eigenvalue weighted by Crippen LogP contribution is 2.32. The second-order valence-corrected chi connectivity index (χ2v) is 15.1. The van der Waals surface area contributed by atoms with Crippen molar-refractivity contribution >= 4 is 28.9 Å². The van der Waals surface area contributed by atoms with Crippen molar-refractivity contribution in [1.82, 2.24) is 4.72 Å². The third-order valence-electron chi connectivity index (χ3n) is 5.00.